The van der Waals surface area contributed by atoms with E-state index in [1.165, 1.54) is 12.1 Å². The molecule has 0 atom stereocenters. The Labute approximate surface area is 197 Å². The summed E-state index contributed by atoms with van der Waals surface area (Å²) in [6.07, 6.45) is 0.978. The molecule has 1 heterocycles. The number of rotatable bonds is 11. The number of aryl methyl sites for hydroxylation is 1. The maximum atomic E-state index is 13.2. The minimum Gasteiger partial charge on any atom is -0.493 e. The van der Waals surface area contributed by atoms with E-state index in [4.69, 9.17) is 21.1 Å². The first-order valence-corrected chi connectivity index (χ1v) is 11.6. The van der Waals surface area contributed by atoms with Crippen molar-refractivity contribution in [3.8, 4) is 11.5 Å². The highest BCUT2D eigenvalue weighted by atomic mass is 79.9. The molecule has 3 rings (SSSR count). The van der Waals surface area contributed by atoms with E-state index in [2.05, 4.69) is 36.8 Å². The number of nitrogens with zero attached hydrogens (tertiary/aromatic N) is 4. The van der Waals surface area contributed by atoms with Crippen LogP contribution in [0.1, 0.15) is 17.5 Å². The van der Waals surface area contributed by atoms with Crippen molar-refractivity contribution in [2.24, 2.45) is 7.05 Å². The van der Waals surface area contributed by atoms with Crippen LogP contribution in [0.2, 0.25) is 5.02 Å². The Morgan fingerprint density at radius 1 is 1.23 bits per heavy atom. The quantitative estimate of drug-likeness (QED) is 0.286. The van der Waals surface area contributed by atoms with E-state index >= 15 is 0 Å². The summed E-state index contributed by atoms with van der Waals surface area (Å²) in [5.41, 5.74) is 1.75. The second kappa shape index (κ2) is 11.7. The SMILES string of the molecule is COc1cc(CNCCCSc2nnnn2C)c(Br)cc1OCc1ccc(F)cc1Cl. The maximum Gasteiger partial charge on any atom is 0.209 e. The van der Waals surface area contributed by atoms with Crippen LogP contribution >= 0.6 is 39.3 Å². The Morgan fingerprint density at radius 2 is 2.06 bits per heavy atom. The van der Waals surface area contributed by atoms with Gasteiger partial charge in [-0.1, -0.05) is 45.4 Å². The number of nitrogens with one attached hydrogen (secondary N) is 1. The fourth-order valence-corrected chi connectivity index (χ4v) is 4.18. The third-order valence-electron chi connectivity index (χ3n) is 4.36. The van der Waals surface area contributed by atoms with Crippen molar-refractivity contribution in [3.63, 3.8) is 0 Å². The molecule has 0 saturated carbocycles. The summed E-state index contributed by atoms with van der Waals surface area (Å²) >= 11 is 11.3. The summed E-state index contributed by atoms with van der Waals surface area (Å²) in [7, 11) is 3.42. The number of aromatic nitrogens is 4. The maximum absolute atomic E-state index is 13.2. The standard InChI is InChI=1S/C20H22BrClFN5O2S/c1-28-20(25-26-27-28)31-7-3-6-24-11-14-8-18(29-2)19(10-16(14)21)30-12-13-4-5-15(23)9-17(13)22/h4-5,8-10,24H,3,6-7,11-12H2,1-2H3. The van der Waals surface area contributed by atoms with Crippen LogP contribution < -0.4 is 14.8 Å². The molecular weight excluding hydrogens is 509 g/mol. The molecule has 0 amide bonds. The lowest BCUT2D eigenvalue weighted by molar-refractivity contribution is 0.284. The van der Waals surface area contributed by atoms with Gasteiger partial charge in [0.1, 0.15) is 12.4 Å². The van der Waals surface area contributed by atoms with Crippen LogP contribution in [-0.4, -0.2) is 39.6 Å². The van der Waals surface area contributed by atoms with Gasteiger partial charge in [-0.2, -0.15) is 0 Å². The fourth-order valence-electron chi connectivity index (χ4n) is 2.71. The van der Waals surface area contributed by atoms with Gasteiger partial charge in [-0.15, -0.1) is 5.10 Å². The summed E-state index contributed by atoms with van der Waals surface area (Å²) in [6.45, 7) is 1.74. The zero-order valence-corrected chi connectivity index (χ0v) is 20.2. The Morgan fingerprint density at radius 3 is 2.77 bits per heavy atom. The molecule has 0 aliphatic heterocycles. The molecule has 1 aromatic heterocycles. The molecule has 0 fully saturated rings. The van der Waals surface area contributed by atoms with Gasteiger partial charge in [0.2, 0.25) is 5.16 Å². The van der Waals surface area contributed by atoms with Crippen LogP contribution in [0.15, 0.2) is 40.0 Å². The lowest BCUT2D eigenvalue weighted by Gasteiger charge is -2.15. The first-order valence-electron chi connectivity index (χ1n) is 9.47. The van der Waals surface area contributed by atoms with Gasteiger partial charge in [0.25, 0.3) is 0 Å². The van der Waals surface area contributed by atoms with Gasteiger partial charge >= 0.3 is 0 Å². The summed E-state index contributed by atoms with van der Waals surface area (Å²) < 4.78 is 27.1. The zero-order valence-electron chi connectivity index (χ0n) is 17.1. The predicted octanol–water partition coefficient (Wildman–Crippen LogP) is 4.62. The number of halogens is 3. The van der Waals surface area contributed by atoms with E-state index in [0.717, 1.165) is 33.9 Å². The van der Waals surface area contributed by atoms with Crippen molar-refractivity contribution in [1.29, 1.82) is 0 Å². The number of hydrogen-bond acceptors (Lipinski definition) is 7. The van der Waals surface area contributed by atoms with Crippen molar-refractivity contribution in [3.05, 3.63) is 56.8 Å². The van der Waals surface area contributed by atoms with Crippen LogP contribution in [0.4, 0.5) is 4.39 Å². The molecule has 11 heteroatoms. The highest BCUT2D eigenvalue weighted by molar-refractivity contribution is 9.10. The number of hydrogen-bond donors (Lipinski definition) is 1. The minimum absolute atomic E-state index is 0.207. The molecule has 166 valence electrons. The van der Waals surface area contributed by atoms with Crippen molar-refractivity contribution in [2.45, 2.75) is 24.7 Å². The molecule has 1 N–H and O–H groups in total. The number of tetrazole rings is 1. The summed E-state index contributed by atoms with van der Waals surface area (Å²) in [5, 5.41) is 16.0. The monoisotopic (exact) mass is 529 g/mol. The largest absolute Gasteiger partial charge is 0.493 e. The molecular formula is C20H22BrClFN5O2S. The van der Waals surface area contributed by atoms with E-state index < -0.39 is 0 Å². The first-order chi connectivity index (χ1) is 15.0. The normalized spacial score (nSPS) is 11.0. The molecule has 0 spiro atoms. The molecule has 7 nitrogen and oxygen atoms in total. The molecule has 2 aromatic carbocycles. The Bertz CT molecular complexity index is 1020. The summed E-state index contributed by atoms with van der Waals surface area (Å²) in [4.78, 5) is 0. The summed E-state index contributed by atoms with van der Waals surface area (Å²) in [6, 6.07) is 8.03. The molecule has 0 radical (unpaired) electrons. The predicted molar refractivity (Wildman–Crippen MR) is 122 cm³/mol. The van der Waals surface area contributed by atoms with Crippen LogP contribution in [0, 0.1) is 5.82 Å². The third kappa shape index (κ3) is 6.80. The Balaban J connectivity index is 1.50. The van der Waals surface area contributed by atoms with Gasteiger partial charge in [0.15, 0.2) is 11.5 Å². The van der Waals surface area contributed by atoms with E-state index in [1.54, 1.807) is 29.6 Å². The first kappa shape index (κ1) is 23.8. The number of methoxy groups -OCH3 is 1. The summed E-state index contributed by atoms with van der Waals surface area (Å²) in [5.74, 6) is 1.73. The second-order valence-corrected chi connectivity index (χ2v) is 8.91. The van der Waals surface area contributed by atoms with E-state index in [0.29, 0.717) is 28.6 Å². The van der Waals surface area contributed by atoms with Crippen molar-refractivity contribution < 1.29 is 13.9 Å². The molecule has 31 heavy (non-hydrogen) atoms. The smallest absolute Gasteiger partial charge is 0.209 e. The van der Waals surface area contributed by atoms with E-state index in [9.17, 15) is 4.39 Å². The van der Waals surface area contributed by atoms with Crippen LogP contribution in [0.25, 0.3) is 0 Å². The van der Waals surface area contributed by atoms with E-state index in [1.807, 2.05) is 19.2 Å². The van der Waals surface area contributed by atoms with Crippen LogP contribution in [0.3, 0.4) is 0 Å². The Hall–Kier alpha value is -1.88. The lowest BCUT2D eigenvalue weighted by Crippen LogP contribution is -2.16. The molecule has 0 saturated heterocycles. The topological polar surface area (TPSA) is 74.1 Å². The molecule has 0 aliphatic carbocycles. The highest BCUT2D eigenvalue weighted by Gasteiger charge is 2.12. The van der Waals surface area contributed by atoms with Gasteiger partial charge in [0, 0.05) is 29.4 Å². The van der Waals surface area contributed by atoms with Crippen molar-refractivity contribution >= 4 is 39.3 Å². The van der Waals surface area contributed by atoms with E-state index in [-0.39, 0.29) is 12.4 Å². The van der Waals surface area contributed by atoms with Gasteiger partial charge in [-0.05, 0) is 53.2 Å². The van der Waals surface area contributed by atoms with Gasteiger partial charge in [0.05, 0.1) is 12.1 Å². The molecule has 0 aliphatic rings. The average molecular weight is 531 g/mol. The third-order valence-corrected chi connectivity index (χ3v) is 6.54. The molecule has 0 unspecified atom stereocenters. The van der Waals surface area contributed by atoms with Crippen LogP contribution in [-0.2, 0) is 20.2 Å². The second-order valence-electron chi connectivity index (χ2n) is 6.58. The molecule has 0 bridgehead atoms. The lowest BCUT2D eigenvalue weighted by atomic mass is 10.2. The Kier molecular flexibility index (Phi) is 8.94. The average Bonchev–Trinajstić information content (AvgIpc) is 3.15. The highest BCUT2D eigenvalue weighted by Crippen LogP contribution is 2.34. The molecule has 3 aromatic rings. The van der Waals surface area contributed by atoms with Crippen LogP contribution in [0.5, 0.6) is 11.5 Å². The number of ether oxygens (including phenoxy) is 2. The fraction of sp³-hybridized carbons (Fsp3) is 0.350. The van der Waals surface area contributed by atoms with Gasteiger partial charge in [-0.3, -0.25) is 0 Å². The minimum atomic E-state index is -0.379. The number of thioether (sulfide) groups is 1. The van der Waals surface area contributed by atoms with Crippen molar-refractivity contribution in [2.75, 3.05) is 19.4 Å². The zero-order chi connectivity index (χ0) is 22.2. The van der Waals surface area contributed by atoms with Gasteiger partial charge < -0.3 is 14.8 Å². The number of benzene rings is 2. The van der Waals surface area contributed by atoms with Crippen molar-refractivity contribution in [1.82, 2.24) is 25.5 Å². The van der Waals surface area contributed by atoms with Gasteiger partial charge in [-0.25, -0.2) is 9.07 Å².